The first-order valence-corrected chi connectivity index (χ1v) is 9.30. The molecule has 1 amide bonds. The van der Waals surface area contributed by atoms with E-state index in [1.54, 1.807) is 0 Å². The second kappa shape index (κ2) is 7.96. The Morgan fingerprint density at radius 2 is 1.78 bits per heavy atom. The molecule has 0 spiro atoms. The summed E-state index contributed by atoms with van der Waals surface area (Å²) in [7, 11) is 0. The Morgan fingerprint density at radius 1 is 1.09 bits per heavy atom. The normalized spacial score (nSPS) is 26.8. The minimum absolute atomic E-state index is 0.0924. The van der Waals surface area contributed by atoms with Crippen molar-refractivity contribution in [2.75, 3.05) is 19.6 Å². The van der Waals surface area contributed by atoms with Gasteiger partial charge < -0.3 is 10.2 Å². The Labute approximate surface area is 140 Å². The van der Waals surface area contributed by atoms with Crippen molar-refractivity contribution in [2.45, 2.75) is 51.5 Å². The Bertz CT molecular complexity index is 494. The van der Waals surface area contributed by atoms with Gasteiger partial charge in [0.1, 0.15) is 0 Å². The van der Waals surface area contributed by atoms with Crippen molar-refractivity contribution in [3.8, 4) is 0 Å². The van der Waals surface area contributed by atoms with Crippen LogP contribution in [0.5, 0.6) is 0 Å². The van der Waals surface area contributed by atoms with Crippen LogP contribution in [0.25, 0.3) is 0 Å². The van der Waals surface area contributed by atoms with E-state index in [4.69, 9.17) is 0 Å². The summed E-state index contributed by atoms with van der Waals surface area (Å²) >= 11 is 0. The molecular weight excluding hydrogens is 284 g/mol. The quantitative estimate of drug-likeness (QED) is 0.919. The van der Waals surface area contributed by atoms with Crippen LogP contribution in [0, 0.1) is 11.8 Å². The van der Waals surface area contributed by atoms with Gasteiger partial charge >= 0.3 is 0 Å². The van der Waals surface area contributed by atoms with E-state index in [0.717, 1.165) is 24.4 Å². The number of benzene rings is 1. The molecule has 1 saturated carbocycles. The average Bonchev–Trinajstić information content (AvgIpc) is 2.59. The van der Waals surface area contributed by atoms with Gasteiger partial charge in [-0.1, -0.05) is 38.0 Å². The predicted octanol–water partition coefficient (Wildman–Crippen LogP) is 3.71. The zero-order chi connectivity index (χ0) is 16.1. The summed E-state index contributed by atoms with van der Waals surface area (Å²) in [4.78, 5) is 15.1. The van der Waals surface area contributed by atoms with Crippen molar-refractivity contribution in [2.24, 2.45) is 11.8 Å². The molecule has 2 atom stereocenters. The topological polar surface area (TPSA) is 32.3 Å². The summed E-state index contributed by atoms with van der Waals surface area (Å²) in [5.41, 5.74) is 0.781. The molecule has 2 aliphatic rings. The lowest BCUT2D eigenvalue weighted by atomic mass is 9.83. The molecular formula is C20H30N2O. The van der Waals surface area contributed by atoms with Gasteiger partial charge in [-0.25, -0.2) is 0 Å². The first kappa shape index (κ1) is 16.5. The Kier molecular flexibility index (Phi) is 5.71. The van der Waals surface area contributed by atoms with Crippen molar-refractivity contribution in [1.82, 2.24) is 10.2 Å². The number of piperidine rings is 1. The standard InChI is InChI=1S/C20H30N2O/c1-16-11-13-22(14-12-16)15-18-9-5-6-10-19(18)21-20(23)17-7-3-2-4-8-17/h2-4,7-8,16,18-19H,5-6,9-15H2,1H3,(H,21,23)/t18-,19-/m1/s1. The van der Waals surface area contributed by atoms with E-state index in [9.17, 15) is 4.79 Å². The van der Waals surface area contributed by atoms with Gasteiger partial charge in [-0.05, 0) is 62.7 Å². The highest BCUT2D eigenvalue weighted by Crippen LogP contribution is 2.27. The first-order chi connectivity index (χ1) is 11.2. The third kappa shape index (κ3) is 4.57. The zero-order valence-electron chi connectivity index (χ0n) is 14.3. The van der Waals surface area contributed by atoms with Gasteiger partial charge in [0.05, 0.1) is 0 Å². The van der Waals surface area contributed by atoms with Crippen molar-refractivity contribution in [3.05, 3.63) is 35.9 Å². The molecule has 1 heterocycles. The molecule has 23 heavy (non-hydrogen) atoms. The molecule has 3 nitrogen and oxygen atoms in total. The summed E-state index contributed by atoms with van der Waals surface area (Å²) in [6, 6.07) is 9.97. The fraction of sp³-hybridized carbons (Fsp3) is 0.650. The van der Waals surface area contributed by atoms with Crippen molar-refractivity contribution < 1.29 is 4.79 Å². The van der Waals surface area contributed by atoms with Crippen molar-refractivity contribution in [1.29, 1.82) is 0 Å². The molecule has 1 aliphatic heterocycles. The molecule has 2 fully saturated rings. The third-order valence-corrected chi connectivity index (χ3v) is 5.63. The second-order valence-electron chi connectivity index (χ2n) is 7.47. The molecule has 1 aromatic carbocycles. The molecule has 126 valence electrons. The van der Waals surface area contributed by atoms with Crippen LogP contribution in [-0.4, -0.2) is 36.5 Å². The number of hydrogen-bond acceptors (Lipinski definition) is 2. The monoisotopic (exact) mass is 314 g/mol. The average molecular weight is 314 g/mol. The van der Waals surface area contributed by atoms with Crippen LogP contribution in [-0.2, 0) is 0 Å². The van der Waals surface area contributed by atoms with Gasteiger partial charge in [0.25, 0.3) is 5.91 Å². The molecule has 3 rings (SSSR count). The van der Waals surface area contributed by atoms with Crippen molar-refractivity contribution >= 4 is 5.91 Å². The lowest BCUT2D eigenvalue weighted by Crippen LogP contribution is -2.47. The molecule has 1 aliphatic carbocycles. The number of amides is 1. The van der Waals surface area contributed by atoms with Crippen LogP contribution in [0.3, 0.4) is 0 Å². The van der Waals surface area contributed by atoms with Gasteiger partial charge in [0.15, 0.2) is 0 Å². The smallest absolute Gasteiger partial charge is 0.251 e. The van der Waals surface area contributed by atoms with E-state index in [1.165, 1.54) is 45.2 Å². The maximum Gasteiger partial charge on any atom is 0.251 e. The van der Waals surface area contributed by atoms with Gasteiger partial charge in [-0.3, -0.25) is 4.79 Å². The summed E-state index contributed by atoms with van der Waals surface area (Å²) in [5.74, 6) is 1.59. The maximum absolute atomic E-state index is 12.5. The fourth-order valence-corrected chi connectivity index (χ4v) is 4.03. The van der Waals surface area contributed by atoms with Gasteiger partial charge in [0, 0.05) is 18.2 Å². The summed E-state index contributed by atoms with van der Waals surface area (Å²) < 4.78 is 0. The summed E-state index contributed by atoms with van der Waals surface area (Å²) in [5, 5.41) is 3.32. The minimum atomic E-state index is 0.0924. The van der Waals surface area contributed by atoms with Crippen LogP contribution in [0.4, 0.5) is 0 Å². The molecule has 0 bridgehead atoms. The van der Waals surface area contributed by atoms with E-state index >= 15 is 0 Å². The molecule has 1 N–H and O–H groups in total. The highest BCUT2D eigenvalue weighted by molar-refractivity contribution is 5.94. The molecule has 0 aromatic heterocycles. The van der Waals surface area contributed by atoms with E-state index in [-0.39, 0.29) is 5.91 Å². The molecule has 0 unspecified atom stereocenters. The Balaban J connectivity index is 1.57. The largest absolute Gasteiger partial charge is 0.349 e. The number of likely N-dealkylation sites (tertiary alicyclic amines) is 1. The number of hydrogen-bond donors (Lipinski definition) is 1. The number of nitrogens with zero attached hydrogens (tertiary/aromatic N) is 1. The zero-order valence-corrected chi connectivity index (χ0v) is 14.3. The first-order valence-electron chi connectivity index (χ1n) is 9.30. The second-order valence-corrected chi connectivity index (χ2v) is 7.47. The minimum Gasteiger partial charge on any atom is -0.349 e. The summed E-state index contributed by atoms with van der Waals surface area (Å²) in [6.45, 7) is 5.99. The fourth-order valence-electron chi connectivity index (χ4n) is 4.03. The van der Waals surface area contributed by atoms with E-state index in [1.807, 2.05) is 30.3 Å². The van der Waals surface area contributed by atoms with E-state index in [0.29, 0.717) is 12.0 Å². The van der Waals surface area contributed by atoms with Crippen LogP contribution in [0.15, 0.2) is 30.3 Å². The van der Waals surface area contributed by atoms with Crippen LogP contribution in [0.1, 0.15) is 55.8 Å². The van der Waals surface area contributed by atoms with Crippen LogP contribution in [0.2, 0.25) is 0 Å². The molecule has 3 heteroatoms. The van der Waals surface area contributed by atoms with Crippen molar-refractivity contribution in [3.63, 3.8) is 0 Å². The van der Waals surface area contributed by atoms with E-state index < -0.39 is 0 Å². The van der Waals surface area contributed by atoms with Crippen LogP contribution >= 0.6 is 0 Å². The molecule has 1 aromatic rings. The number of rotatable bonds is 4. The highest BCUT2D eigenvalue weighted by atomic mass is 16.1. The number of carbonyl (C=O) groups excluding carboxylic acids is 1. The van der Waals surface area contributed by atoms with Gasteiger partial charge in [-0.15, -0.1) is 0 Å². The maximum atomic E-state index is 12.5. The predicted molar refractivity (Wildman–Crippen MR) is 94.5 cm³/mol. The van der Waals surface area contributed by atoms with E-state index in [2.05, 4.69) is 17.1 Å². The van der Waals surface area contributed by atoms with Gasteiger partial charge in [-0.2, -0.15) is 0 Å². The highest BCUT2D eigenvalue weighted by Gasteiger charge is 2.29. The Hall–Kier alpha value is -1.35. The molecule has 0 radical (unpaired) electrons. The van der Waals surface area contributed by atoms with Crippen LogP contribution < -0.4 is 5.32 Å². The molecule has 1 saturated heterocycles. The summed E-state index contributed by atoms with van der Waals surface area (Å²) in [6.07, 6.45) is 7.60. The SMILES string of the molecule is CC1CCN(C[C@H]2CCCC[C@H]2NC(=O)c2ccccc2)CC1. The Morgan fingerprint density at radius 3 is 2.52 bits per heavy atom. The van der Waals surface area contributed by atoms with Gasteiger partial charge in [0.2, 0.25) is 0 Å². The lowest BCUT2D eigenvalue weighted by Gasteiger charge is -2.38. The number of nitrogens with one attached hydrogen (secondary N) is 1. The third-order valence-electron chi connectivity index (χ3n) is 5.63. The lowest BCUT2D eigenvalue weighted by molar-refractivity contribution is 0.0868. The number of carbonyl (C=O) groups is 1.